The lowest BCUT2D eigenvalue weighted by Crippen LogP contribution is -2.22. The van der Waals surface area contributed by atoms with Crippen molar-refractivity contribution in [3.05, 3.63) is 76.1 Å². The molecule has 0 saturated carbocycles. The summed E-state index contributed by atoms with van der Waals surface area (Å²) < 4.78 is 12.6. The van der Waals surface area contributed by atoms with Gasteiger partial charge in [-0.2, -0.15) is 0 Å². The normalized spacial score (nSPS) is 10.5. The van der Waals surface area contributed by atoms with Crippen LogP contribution in [0.3, 0.4) is 0 Å². The zero-order chi connectivity index (χ0) is 21.7. The first-order chi connectivity index (χ1) is 14.4. The molecule has 0 saturated heterocycles. The SMILES string of the molecule is CC(=O)Oc1c(OCC=C(C)C)c2ccc(NCc3ccccc3)cc2n(C)c1=O. The summed E-state index contributed by atoms with van der Waals surface area (Å²) >= 11 is 0. The highest BCUT2D eigenvalue weighted by Crippen LogP contribution is 2.34. The monoisotopic (exact) mass is 406 g/mol. The van der Waals surface area contributed by atoms with Crippen molar-refractivity contribution in [3.8, 4) is 11.5 Å². The lowest BCUT2D eigenvalue weighted by atomic mass is 10.1. The van der Waals surface area contributed by atoms with Crippen molar-refractivity contribution in [2.45, 2.75) is 27.3 Å². The third-order valence-electron chi connectivity index (χ3n) is 4.61. The Morgan fingerprint density at radius 2 is 1.80 bits per heavy atom. The predicted molar refractivity (Wildman–Crippen MR) is 119 cm³/mol. The molecule has 1 heterocycles. The van der Waals surface area contributed by atoms with Crippen LogP contribution in [0.5, 0.6) is 11.5 Å². The van der Waals surface area contributed by atoms with E-state index in [1.165, 1.54) is 11.5 Å². The summed E-state index contributed by atoms with van der Waals surface area (Å²) in [7, 11) is 1.65. The van der Waals surface area contributed by atoms with E-state index in [4.69, 9.17) is 9.47 Å². The first-order valence-corrected chi connectivity index (χ1v) is 9.76. The molecule has 0 radical (unpaired) electrons. The minimum Gasteiger partial charge on any atom is -0.485 e. The minimum absolute atomic E-state index is 0.0929. The molecule has 0 fully saturated rings. The fraction of sp³-hybridized carbons (Fsp3) is 0.250. The van der Waals surface area contributed by atoms with Crippen LogP contribution in [0.4, 0.5) is 5.69 Å². The molecule has 0 bridgehead atoms. The van der Waals surface area contributed by atoms with E-state index in [1.807, 2.05) is 68.5 Å². The van der Waals surface area contributed by atoms with Crippen LogP contribution in [0, 0.1) is 0 Å². The molecule has 1 N–H and O–H groups in total. The van der Waals surface area contributed by atoms with Gasteiger partial charge in [-0.25, -0.2) is 0 Å². The zero-order valence-electron chi connectivity index (χ0n) is 17.7. The summed E-state index contributed by atoms with van der Waals surface area (Å²) in [6.07, 6.45) is 1.90. The molecule has 0 aliphatic carbocycles. The number of aryl methyl sites for hydroxylation is 1. The molecule has 3 rings (SSSR count). The number of rotatable bonds is 7. The largest absolute Gasteiger partial charge is 0.485 e. The van der Waals surface area contributed by atoms with Crippen molar-refractivity contribution in [1.82, 2.24) is 4.57 Å². The molecule has 6 nitrogen and oxygen atoms in total. The molecule has 3 aromatic rings. The van der Waals surface area contributed by atoms with Crippen molar-refractivity contribution in [1.29, 1.82) is 0 Å². The van der Waals surface area contributed by atoms with Crippen LogP contribution >= 0.6 is 0 Å². The molecule has 6 heteroatoms. The van der Waals surface area contributed by atoms with Crippen LogP contribution in [-0.4, -0.2) is 17.1 Å². The van der Waals surface area contributed by atoms with Crippen molar-refractivity contribution in [2.75, 3.05) is 11.9 Å². The average molecular weight is 406 g/mol. The summed E-state index contributed by atoms with van der Waals surface area (Å²) in [5.41, 5.74) is 3.37. The van der Waals surface area contributed by atoms with Gasteiger partial charge in [0, 0.05) is 31.6 Å². The van der Waals surface area contributed by atoms with Gasteiger partial charge in [-0.3, -0.25) is 9.59 Å². The van der Waals surface area contributed by atoms with Gasteiger partial charge in [0.2, 0.25) is 5.75 Å². The van der Waals surface area contributed by atoms with Gasteiger partial charge < -0.3 is 19.4 Å². The number of nitrogens with zero attached hydrogens (tertiary/aromatic N) is 1. The van der Waals surface area contributed by atoms with Crippen molar-refractivity contribution < 1.29 is 14.3 Å². The number of benzene rings is 2. The number of hydrogen-bond donors (Lipinski definition) is 1. The predicted octanol–water partition coefficient (Wildman–Crippen LogP) is 4.42. The number of carbonyl (C=O) groups is 1. The molecule has 1 aromatic heterocycles. The quantitative estimate of drug-likeness (QED) is 0.465. The number of anilines is 1. The number of fused-ring (bicyclic) bond motifs is 1. The summed E-state index contributed by atoms with van der Waals surface area (Å²) in [5, 5.41) is 4.07. The zero-order valence-corrected chi connectivity index (χ0v) is 17.7. The minimum atomic E-state index is -0.570. The second-order valence-electron chi connectivity index (χ2n) is 7.28. The lowest BCUT2D eigenvalue weighted by molar-refractivity contribution is -0.132. The number of carbonyl (C=O) groups excluding carboxylic acids is 1. The smallest absolute Gasteiger partial charge is 0.308 e. The van der Waals surface area contributed by atoms with Gasteiger partial charge >= 0.3 is 5.97 Å². The second-order valence-corrected chi connectivity index (χ2v) is 7.28. The average Bonchev–Trinajstić information content (AvgIpc) is 2.72. The van der Waals surface area contributed by atoms with E-state index in [0.29, 0.717) is 17.4 Å². The number of esters is 1. The number of pyridine rings is 1. The van der Waals surface area contributed by atoms with E-state index in [2.05, 4.69) is 5.32 Å². The van der Waals surface area contributed by atoms with Gasteiger partial charge in [0.05, 0.1) is 5.52 Å². The third kappa shape index (κ3) is 4.89. The Labute approximate surface area is 175 Å². The molecule has 30 heavy (non-hydrogen) atoms. The van der Waals surface area contributed by atoms with E-state index in [-0.39, 0.29) is 18.1 Å². The van der Waals surface area contributed by atoms with E-state index in [1.54, 1.807) is 7.05 Å². The molecule has 0 aliphatic heterocycles. The standard InChI is InChI=1S/C24H26N2O4/c1-16(2)12-13-29-22-20-11-10-19(25-15-18-8-6-5-7-9-18)14-21(20)26(4)24(28)23(22)30-17(3)27/h5-12,14,25H,13,15H2,1-4H3. The maximum absolute atomic E-state index is 12.9. The molecule has 0 atom stereocenters. The fourth-order valence-electron chi connectivity index (χ4n) is 3.06. The molecule has 0 unspecified atom stereocenters. The van der Waals surface area contributed by atoms with E-state index in [0.717, 1.165) is 16.8 Å². The number of aromatic nitrogens is 1. The molecule has 0 amide bonds. The van der Waals surface area contributed by atoms with Gasteiger partial charge in [0.15, 0.2) is 5.75 Å². The molecule has 156 valence electrons. The lowest BCUT2D eigenvalue weighted by Gasteiger charge is -2.16. The first-order valence-electron chi connectivity index (χ1n) is 9.76. The molecule has 2 aromatic carbocycles. The summed E-state index contributed by atoms with van der Waals surface area (Å²) in [5.74, 6) is -0.389. The van der Waals surface area contributed by atoms with Crippen LogP contribution < -0.4 is 20.3 Å². The molecule has 0 aliphatic rings. The Kier molecular flexibility index (Phi) is 6.57. The molecular formula is C24H26N2O4. The summed E-state index contributed by atoms with van der Waals surface area (Å²) in [6.45, 7) is 6.12. The van der Waals surface area contributed by atoms with Crippen LogP contribution in [0.25, 0.3) is 10.9 Å². The van der Waals surface area contributed by atoms with Crippen LogP contribution in [-0.2, 0) is 18.4 Å². The van der Waals surface area contributed by atoms with Crippen molar-refractivity contribution in [3.63, 3.8) is 0 Å². The Morgan fingerprint density at radius 3 is 2.47 bits per heavy atom. The highest BCUT2D eigenvalue weighted by atomic mass is 16.6. The number of ether oxygens (including phenoxy) is 2. The van der Waals surface area contributed by atoms with Crippen LogP contribution in [0.1, 0.15) is 26.3 Å². The van der Waals surface area contributed by atoms with E-state index in [9.17, 15) is 9.59 Å². The van der Waals surface area contributed by atoms with Crippen molar-refractivity contribution >= 4 is 22.6 Å². The molecular weight excluding hydrogens is 380 g/mol. The van der Waals surface area contributed by atoms with Gasteiger partial charge in [0.1, 0.15) is 6.61 Å². The van der Waals surface area contributed by atoms with Gasteiger partial charge in [0.25, 0.3) is 5.56 Å². The Morgan fingerprint density at radius 1 is 1.07 bits per heavy atom. The number of hydrogen-bond acceptors (Lipinski definition) is 5. The first kappa shape index (κ1) is 21.2. The van der Waals surface area contributed by atoms with Gasteiger partial charge in [-0.15, -0.1) is 0 Å². The maximum atomic E-state index is 12.9. The maximum Gasteiger partial charge on any atom is 0.308 e. The second kappa shape index (κ2) is 9.31. The van der Waals surface area contributed by atoms with E-state index >= 15 is 0 Å². The number of nitrogens with one attached hydrogen (secondary N) is 1. The van der Waals surface area contributed by atoms with Gasteiger partial charge in [-0.05, 0) is 43.7 Å². The number of allylic oxidation sites excluding steroid dienone is 1. The van der Waals surface area contributed by atoms with E-state index < -0.39 is 11.5 Å². The Hall–Kier alpha value is -3.54. The highest BCUT2D eigenvalue weighted by molar-refractivity contribution is 5.91. The Bertz CT molecular complexity index is 1140. The van der Waals surface area contributed by atoms with Crippen LogP contribution in [0.2, 0.25) is 0 Å². The Balaban J connectivity index is 2.03. The highest BCUT2D eigenvalue weighted by Gasteiger charge is 2.20. The summed E-state index contributed by atoms with van der Waals surface area (Å²) in [4.78, 5) is 24.5. The summed E-state index contributed by atoms with van der Waals surface area (Å²) in [6, 6.07) is 15.7. The topological polar surface area (TPSA) is 69.6 Å². The fourth-order valence-corrected chi connectivity index (χ4v) is 3.06. The van der Waals surface area contributed by atoms with Crippen LogP contribution in [0.15, 0.2) is 65.0 Å². The van der Waals surface area contributed by atoms with Crippen molar-refractivity contribution in [2.24, 2.45) is 7.05 Å². The third-order valence-corrected chi connectivity index (χ3v) is 4.61. The molecule has 0 spiro atoms. The van der Waals surface area contributed by atoms with Gasteiger partial charge in [-0.1, -0.05) is 35.9 Å².